The van der Waals surface area contributed by atoms with Crippen molar-refractivity contribution in [1.29, 1.82) is 0 Å². The van der Waals surface area contributed by atoms with Gasteiger partial charge in [0.1, 0.15) is 5.75 Å². The Morgan fingerprint density at radius 1 is 1.30 bits per heavy atom. The lowest BCUT2D eigenvalue weighted by Gasteiger charge is -2.16. The molecule has 3 aromatic rings. The lowest BCUT2D eigenvalue weighted by molar-refractivity contribution is -0.616. The van der Waals surface area contributed by atoms with Crippen LogP contribution in [0.5, 0.6) is 5.75 Å². The van der Waals surface area contributed by atoms with Gasteiger partial charge in [0.15, 0.2) is 5.69 Å². The minimum atomic E-state index is -0.779. The molecule has 2 N–H and O–H groups in total. The van der Waals surface area contributed by atoms with Gasteiger partial charge in [-0.05, 0) is 64.0 Å². The van der Waals surface area contributed by atoms with E-state index in [1.807, 2.05) is 18.3 Å². The van der Waals surface area contributed by atoms with Crippen molar-refractivity contribution in [2.24, 2.45) is 5.92 Å². The highest BCUT2D eigenvalue weighted by molar-refractivity contribution is 6.04. The van der Waals surface area contributed by atoms with Gasteiger partial charge < -0.3 is 20.4 Å². The second kappa shape index (κ2) is 8.33. The maximum atomic E-state index is 13.1. The molecule has 8 heteroatoms. The summed E-state index contributed by atoms with van der Waals surface area (Å²) < 4.78 is 8.59. The molecule has 0 atom stereocenters. The molecule has 1 amide bonds. The number of aromatic nitrogens is 3. The molecular formula is C25H30N4O4. The summed E-state index contributed by atoms with van der Waals surface area (Å²) in [5.74, 6) is 0.884. The highest BCUT2D eigenvalue weighted by Gasteiger charge is 2.33. The molecule has 0 spiro atoms. The summed E-state index contributed by atoms with van der Waals surface area (Å²) in [6.07, 6.45) is 6.74. The van der Waals surface area contributed by atoms with Gasteiger partial charge in [0, 0.05) is 42.2 Å². The van der Waals surface area contributed by atoms with E-state index >= 15 is 0 Å². The van der Waals surface area contributed by atoms with Crippen molar-refractivity contribution in [3.05, 3.63) is 53.1 Å². The summed E-state index contributed by atoms with van der Waals surface area (Å²) in [5.41, 5.74) is 1.22. The van der Waals surface area contributed by atoms with E-state index in [1.165, 1.54) is 0 Å². The van der Waals surface area contributed by atoms with Crippen molar-refractivity contribution in [3.8, 4) is 5.75 Å². The smallest absolute Gasteiger partial charge is 0.321 e. The van der Waals surface area contributed by atoms with E-state index in [0.717, 1.165) is 41.3 Å². The molecule has 33 heavy (non-hydrogen) atoms. The first-order valence-electron chi connectivity index (χ1n) is 11.7. The second-order valence-electron chi connectivity index (χ2n) is 9.97. The molecule has 5 rings (SSSR count). The zero-order valence-corrected chi connectivity index (χ0v) is 19.1. The van der Waals surface area contributed by atoms with E-state index in [1.54, 1.807) is 36.7 Å². The highest BCUT2D eigenvalue weighted by atomic mass is 16.5. The number of nitrogens with zero attached hydrogens (tertiary/aromatic N) is 3. The summed E-state index contributed by atoms with van der Waals surface area (Å²) in [4.78, 5) is 13.1. The number of aryl methyl sites for hydroxylation is 1. The number of carbonyl (C=O) groups is 1. The van der Waals surface area contributed by atoms with Crippen LogP contribution >= 0.6 is 0 Å². The van der Waals surface area contributed by atoms with Crippen LogP contribution in [0.15, 0.2) is 36.5 Å². The molecule has 2 aliphatic carbocycles. The van der Waals surface area contributed by atoms with Crippen LogP contribution in [0, 0.1) is 11.1 Å². The fourth-order valence-corrected chi connectivity index (χ4v) is 3.86. The minimum Gasteiger partial charge on any atom is -0.618 e. The molecule has 0 bridgehead atoms. The summed E-state index contributed by atoms with van der Waals surface area (Å²) >= 11 is 0. The van der Waals surface area contributed by atoms with Gasteiger partial charge in [0.05, 0.1) is 23.4 Å². The SMILES string of the molecule is CC(C)(O)CCn1cc2cc(NC(=O)c3cccc(C4CC4)[n+]3[O-])c(OCC3CC3)cc2n1. The van der Waals surface area contributed by atoms with Crippen LogP contribution in [-0.4, -0.2) is 33.0 Å². The molecule has 2 aromatic heterocycles. The van der Waals surface area contributed by atoms with Gasteiger partial charge in [-0.1, -0.05) is 0 Å². The van der Waals surface area contributed by atoms with Crippen LogP contribution in [0.3, 0.4) is 0 Å². The Kier molecular flexibility index (Phi) is 5.48. The van der Waals surface area contributed by atoms with E-state index in [0.29, 0.717) is 42.6 Å². The molecule has 8 nitrogen and oxygen atoms in total. The van der Waals surface area contributed by atoms with Crippen LogP contribution in [0.25, 0.3) is 10.9 Å². The fraction of sp³-hybridized carbons (Fsp3) is 0.480. The number of rotatable bonds is 9. The summed E-state index contributed by atoms with van der Waals surface area (Å²) in [6, 6.07) is 8.77. The van der Waals surface area contributed by atoms with E-state index < -0.39 is 11.5 Å². The summed E-state index contributed by atoms with van der Waals surface area (Å²) in [6.45, 7) is 4.71. The number of nitrogens with one attached hydrogen (secondary N) is 1. The third kappa shape index (κ3) is 5.11. The number of aliphatic hydroxyl groups is 1. The van der Waals surface area contributed by atoms with E-state index in [2.05, 4.69) is 10.4 Å². The normalized spacial score (nSPS) is 16.2. The molecule has 2 heterocycles. The van der Waals surface area contributed by atoms with Crippen molar-refractivity contribution in [3.63, 3.8) is 0 Å². The van der Waals surface area contributed by atoms with Gasteiger partial charge in [-0.25, -0.2) is 0 Å². The van der Waals surface area contributed by atoms with Crippen molar-refractivity contribution >= 4 is 22.5 Å². The lowest BCUT2D eigenvalue weighted by atomic mass is 10.1. The summed E-state index contributed by atoms with van der Waals surface area (Å²) in [7, 11) is 0. The van der Waals surface area contributed by atoms with E-state index in [-0.39, 0.29) is 11.6 Å². The van der Waals surface area contributed by atoms with Crippen LogP contribution < -0.4 is 14.8 Å². The molecule has 0 aliphatic heterocycles. The Balaban J connectivity index is 1.42. The molecule has 174 valence electrons. The Bertz CT molecular complexity index is 1190. The first-order chi connectivity index (χ1) is 15.8. The number of hydrogen-bond acceptors (Lipinski definition) is 5. The lowest BCUT2D eigenvalue weighted by Crippen LogP contribution is -2.40. The van der Waals surface area contributed by atoms with Crippen molar-refractivity contribution in [1.82, 2.24) is 9.78 Å². The van der Waals surface area contributed by atoms with Gasteiger partial charge in [0.2, 0.25) is 0 Å². The third-order valence-electron chi connectivity index (χ3n) is 6.23. The molecule has 2 aliphatic rings. The van der Waals surface area contributed by atoms with Crippen molar-refractivity contribution in [2.45, 2.75) is 64.0 Å². The number of pyridine rings is 1. The number of benzene rings is 1. The number of anilines is 1. The molecule has 0 unspecified atom stereocenters. The Hall–Kier alpha value is -3.13. The largest absolute Gasteiger partial charge is 0.618 e. The predicted molar refractivity (Wildman–Crippen MR) is 124 cm³/mol. The Morgan fingerprint density at radius 2 is 2.09 bits per heavy atom. The average molecular weight is 451 g/mol. The quantitative estimate of drug-likeness (QED) is 0.382. The molecule has 2 fully saturated rings. The number of amides is 1. The van der Waals surface area contributed by atoms with Gasteiger partial charge in [-0.3, -0.25) is 9.48 Å². The topological polar surface area (TPSA) is 103 Å². The van der Waals surface area contributed by atoms with Crippen LogP contribution in [0.2, 0.25) is 0 Å². The van der Waals surface area contributed by atoms with E-state index in [4.69, 9.17) is 4.74 Å². The van der Waals surface area contributed by atoms with Crippen LogP contribution in [0.1, 0.15) is 68.1 Å². The number of hydrogen-bond donors (Lipinski definition) is 2. The molecule has 2 saturated carbocycles. The Labute approximate surface area is 192 Å². The monoisotopic (exact) mass is 450 g/mol. The standard InChI is InChI=1S/C25H30N4O4/c1-25(2,31)10-11-28-14-18-12-20(23(13-19(18)27-28)33-15-16-6-7-16)26-24(30)22-5-3-4-21(29(22)32)17-8-9-17/h3-5,12-14,16-17,31H,6-11,15H2,1-2H3,(H,26,30). The number of fused-ring (bicyclic) bond motifs is 1. The fourth-order valence-electron chi connectivity index (χ4n) is 3.86. The Morgan fingerprint density at radius 3 is 2.79 bits per heavy atom. The maximum Gasteiger partial charge on any atom is 0.321 e. The summed E-state index contributed by atoms with van der Waals surface area (Å²) in [5, 5.41) is 31.1. The van der Waals surface area contributed by atoms with Gasteiger partial charge in [0.25, 0.3) is 5.69 Å². The third-order valence-corrected chi connectivity index (χ3v) is 6.23. The zero-order valence-electron chi connectivity index (χ0n) is 19.1. The zero-order chi connectivity index (χ0) is 23.2. The maximum absolute atomic E-state index is 13.1. The number of carbonyl (C=O) groups excluding carboxylic acids is 1. The highest BCUT2D eigenvalue weighted by Crippen LogP contribution is 2.38. The predicted octanol–water partition coefficient (Wildman–Crippen LogP) is 3.75. The average Bonchev–Trinajstić information content (AvgIpc) is 3.68. The second-order valence-corrected chi connectivity index (χ2v) is 9.97. The molecular weight excluding hydrogens is 420 g/mol. The van der Waals surface area contributed by atoms with E-state index in [9.17, 15) is 15.1 Å². The number of ether oxygens (including phenoxy) is 1. The molecule has 0 saturated heterocycles. The first kappa shape index (κ1) is 21.7. The van der Waals surface area contributed by atoms with Gasteiger partial charge >= 0.3 is 5.91 Å². The van der Waals surface area contributed by atoms with Crippen LogP contribution in [-0.2, 0) is 6.54 Å². The first-order valence-corrected chi connectivity index (χ1v) is 11.7. The molecule has 1 aromatic carbocycles. The van der Waals surface area contributed by atoms with Crippen LogP contribution in [0.4, 0.5) is 5.69 Å². The van der Waals surface area contributed by atoms with Crippen molar-refractivity contribution in [2.75, 3.05) is 11.9 Å². The van der Waals surface area contributed by atoms with Crippen molar-refractivity contribution < 1.29 is 19.4 Å². The molecule has 0 radical (unpaired) electrons. The van der Waals surface area contributed by atoms with Gasteiger partial charge in [-0.2, -0.15) is 9.83 Å². The van der Waals surface area contributed by atoms with Gasteiger partial charge in [-0.15, -0.1) is 0 Å². The minimum absolute atomic E-state index is 0.0773.